The highest BCUT2D eigenvalue weighted by Crippen LogP contribution is 2.51. The fourth-order valence-electron chi connectivity index (χ4n) is 4.06. The number of esters is 2. The van der Waals surface area contributed by atoms with Gasteiger partial charge in [0.25, 0.3) is 0 Å². The van der Waals surface area contributed by atoms with Gasteiger partial charge < -0.3 is 19.3 Å². The summed E-state index contributed by atoms with van der Waals surface area (Å²) in [5.74, 6) is -0.464. The van der Waals surface area contributed by atoms with E-state index in [0.717, 1.165) is 19.3 Å². The van der Waals surface area contributed by atoms with Crippen molar-refractivity contribution < 1.29 is 28.9 Å². The molecule has 0 aromatic carbocycles. The summed E-state index contributed by atoms with van der Waals surface area (Å²) in [5, 5.41) is 9.49. The number of rotatable bonds is 5. The van der Waals surface area contributed by atoms with Crippen molar-refractivity contribution in [2.45, 2.75) is 57.0 Å². The molecule has 2 aliphatic heterocycles. The molecule has 2 saturated carbocycles. The lowest BCUT2D eigenvalue weighted by atomic mass is 9.65. The van der Waals surface area contributed by atoms with E-state index in [1.54, 1.807) is 6.92 Å². The van der Waals surface area contributed by atoms with Gasteiger partial charge in [0.05, 0.1) is 5.92 Å². The highest BCUT2D eigenvalue weighted by atomic mass is 16.6. The Kier molecular flexibility index (Phi) is 3.99. The molecule has 2 saturated heterocycles. The number of hydrogen-bond donors (Lipinski definition) is 1. The van der Waals surface area contributed by atoms with Crippen LogP contribution in [-0.2, 0) is 23.8 Å². The zero-order valence-corrected chi connectivity index (χ0v) is 12.7. The summed E-state index contributed by atoms with van der Waals surface area (Å²) in [5.41, 5.74) is -0.185. The average molecular weight is 310 g/mol. The molecule has 5 unspecified atom stereocenters. The number of aliphatic hydroxyl groups is 1. The largest absolute Gasteiger partial charge is 0.462 e. The predicted molar refractivity (Wildman–Crippen MR) is 75.5 cm³/mol. The summed E-state index contributed by atoms with van der Waals surface area (Å²) in [7, 11) is 0. The third-order valence-electron chi connectivity index (χ3n) is 4.82. The Hall–Kier alpha value is -1.40. The minimum Gasteiger partial charge on any atom is -0.462 e. The van der Waals surface area contributed by atoms with Crippen LogP contribution in [0.5, 0.6) is 0 Å². The van der Waals surface area contributed by atoms with Crippen LogP contribution in [0.25, 0.3) is 0 Å². The van der Waals surface area contributed by atoms with Crippen molar-refractivity contribution in [3.63, 3.8) is 0 Å². The van der Waals surface area contributed by atoms with Crippen molar-refractivity contribution in [3.8, 4) is 0 Å². The SMILES string of the molecule is C=C(C)C(O)OCC(=O)OC12CC3CC(C1)OC(=O)C(C3)C2. The third-order valence-corrected chi connectivity index (χ3v) is 4.82. The van der Waals surface area contributed by atoms with Gasteiger partial charge in [-0.05, 0) is 37.7 Å². The second-order valence-corrected chi connectivity index (χ2v) is 6.87. The van der Waals surface area contributed by atoms with Crippen LogP contribution in [0.15, 0.2) is 12.2 Å². The Morgan fingerprint density at radius 1 is 1.45 bits per heavy atom. The van der Waals surface area contributed by atoms with E-state index >= 15 is 0 Å². The fourth-order valence-corrected chi connectivity index (χ4v) is 4.06. The third kappa shape index (κ3) is 3.03. The van der Waals surface area contributed by atoms with Crippen LogP contribution in [0.3, 0.4) is 0 Å². The van der Waals surface area contributed by atoms with Crippen LogP contribution in [0.2, 0.25) is 0 Å². The minimum absolute atomic E-state index is 0.145. The maximum absolute atomic E-state index is 12.0. The van der Waals surface area contributed by atoms with E-state index in [1.807, 2.05) is 0 Å². The van der Waals surface area contributed by atoms with E-state index in [0.29, 0.717) is 24.3 Å². The van der Waals surface area contributed by atoms with Crippen molar-refractivity contribution in [2.24, 2.45) is 11.8 Å². The maximum Gasteiger partial charge on any atom is 0.332 e. The van der Waals surface area contributed by atoms with Gasteiger partial charge in [0, 0.05) is 12.8 Å². The molecule has 0 aromatic heterocycles. The molecule has 4 fully saturated rings. The summed E-state index contributed by atoms with van der Waals surface area (Å²) >= 11 is 0. The van der Waals surface area contributed by atoms with Crippen molar-refractivity contribution >= 4 is 11.9 Å². The van der Waals surface area contributed by atoms with Crippen molar-refractivity contribution in [1.29, 1.82) is 0 Å². The van der Waals surface area contributed by atoms with E-state index in [2.05, 4.69) is 6.58 Å². The molecule has 0 amide bonds. The van der Waals surface area contributed by atoms with E-state index in [4.69, 9.17) is 14.2 Å². The standard InChI is InChI=1S/C16H22O6/c1-9(2)14(18)20-8-13(17)22-16-5-10-3-11(6-16)15(19)21-12(4-10)7-16/h10-12,14,18H,1,3-8H2,2H3. The van der Waals surface area contributed by atoms with Crippen LogP contribution >= 0.6 is 0 Å². The molecule has 5 atom stereocenters. The number of hydrogen-bond acceptors (Lipinski definition) is 6. The Balaban J connectivity index is 1.63. The average Bonchev–Trinajstić information content (AvgIpc) is 2.58. The summed E-state index contributed by atoms with van der Waals surface area (Å²) < 4.78 is 16.1. The number of fused-ring (bicyclic) bond motifs is 1. The van der Waals surface area contributed by atoms with Crippen LogP contribution in [0.1, 0.15) is 39.0 Å². The zero-order chi connectivity index (χ0) is 15.9. The van der Waals surface area contributed by atoms with E-state index < -0.39 is 17.9 Å². The highest BCUT2D eigenvalue weighted by Gasteiger charge is 2.54. The Bertz CT molecular complexity index is 501. The molecule has 2 heterocycles. The van der Waals surface area contributed by atoms with Crippen LogP contribution in [-0.4, -0.2) is 41.6 Å². The molecule has 0 aromatic rings. The lowest BCUT2D eigenvalue weighted by Gasteiger charge is -2.45. The van der Waals surface area contributed by atoms with Gasteiger partial charge in [0.2, 0.25) is 0 Å². The number of aliphatic hydroxyl groups excluding tert-OH is 1. The number of carbonyl (C=O) groups is 2. The molecule has 2 aliphatic carbocycles. The quantitative estimate of drug-likeness (QED) is 0.468. The first-order chi connectivity index (χ1) is 10.4. The smallest absolute Gasteiger partial charge is 0.332 e. The molecule has 6 nitrogen and oxygen atoms in total. The molecule has 22 heavy (non-hydrogen) atoms. The highest BCUT2D eigenvalue weighted by molar-refractivity contribution is 5.75. The molecule has 0 spiro atoms. The summed E-state index contributed by atoms with van der Waals surface area (Å²) in [6, 6.07) is 0. The minimum atomic E-state index is -1.17. The van der Waals surface area contributed by atoms with Gasteiger partial charge in [-0.2, -0.15) is 0 Å². The molecule has 0 radical (unpaired) electrons. The molecular formula is C16H22O6. The maximum atomic E-state index is 12.0. The van der Waals surface area contributed by atoms with Crippen LogP contribution in [0, 0.1) is 11.8 Å². The molecule has 6 heteroatoms. The second-order valence-electron chi connectivity index (χ2n) is 6.87. The second kappa shape index (κ2) is 5.66. The summed E-state index contributed by atoms with van der Waals surface area (Å²) in [6.45, 7) is 4.84. The first kappa shape index (κ1) is 15.5. The Morgan fingerprint density at radius 2 is 2.23 bits per heavy atom. The fraction of sp³-hybridized carbons (Fsp3) is 0.750. The van der Waals surface area contributed by atoms with E-state index in [9.17, 15) is 14.7 Å². The van der Waals surface area contributed by atoms with Gasteiger partial charge in [-0.1, -0.05) is 6.58 Å². The van der Waals surface area contributed by atoms with Crippen molar-refractivity contribution in [3.05, 3.63) is 12.2 Å². The monoisotopic (exact) mass is 310 g/mol. The number of ether oxygens (including phenoxy) is 3. The van der Waals surface area contributed by atoms with Gasteiger partial charge in [-0.25, -0.2) is 4.79 Å². The van der Waals surface area contributed by atoms with Gasteiger partial charge in [0.1, 0.15) is 18.3 Å². The lowest BCUT2D eigenvalue weighted by molar-refractivity contribution is -0.185. The Labute approximate surface area is 129 Å². The molecule has 122 valence electrons. The zero-order valence-electron chi connectivity index (χ0n) is 12.7. The number of carbonyl (C=O) groups excluding carboxylic acids is 2. The topological polar surface area (TPSA) is 82.1 Å². The van der Waals surface area contributed by atoms with Gasteiger partial charge in [0.15, 0.2) is 6.29 Å². The van der Waals surface area contributed by atoms with Crippen molar-refractivity contribution in [2.75, 3.05) is 6.61 Å². The molecule has 4 aliphatic rings. The molecule has 4 rings (SSSR count). The molecular weight excluding hydrogens is 288 g/mol. The van der Waals surface area contributed by atoms with Crippen molar-refractivity contribution in [1.82, 2.24) is 0 Å². The normalized spacial score (nSPS) is 37.4. The van der Waals surface area contributed by atoms with E-state index in [1.165, 1.54) is 0 Å². The Morgan fingerprint density at radius 3 is 2.95 bits per heavy atom. The predicted octanol–water partition coefficient (Wildman–Crippen LogP) is 1.31. The lowest BCUT2D eigenvalue weighted by Crippen LogP contribution is -2.48. The van der Waals surface area contributed by atoms with Crippen LogP contribution < -0.4 is 0 Å². The van der Waals surface area contributed by atoms with Gasteiger partial charge >= 0.3 is 11.9 Å². The first-order valence-electron chi connectivity index (χ1n) is 7.74. The van der Waals surface area contributed by atoms with E-state index in [-0.39, 0.29) is 24.6 Å². The van der Waals surface area contributed by atoms with Gasteiger partial charge in [-0.3, -0.25) is 4.79 Å². The van der Waals surface area contributed by atoms with Crippen LogP contribution in [0.4, 0.5) is 0 Å². The molecule has 1 N–H and O–H groups in total. The first-order valence-corrected chi connectivity index (χ1v) is 7.74. The molecule has 4 bridgehead atoms. The van der Waals surface area contributed by atoms with Gasteiger partial charge in [-0.15, -0.1) is 0 Å². The summed E-state index contributed by atoms with van der Waals surface area (Å²) in [6.07, 6.45) is 2.27. The summed E-state index contributed by atoms with van der Waals surface area (Å²) in [4.78, 5) is 24.0.